The molecule has 3 rings (SSSR count). The molecule has 1 aromatic heterocycles. The van der Waals surface area contributed by atoms with Crippen molar-refractivity contribution >= 4 is 21.4 Å². The first-order chi connectivity index (χ1) is 9.69. The van der Waals surface area contributed by atoms with Gasteiger partial charge in [-0.15, -0.1) is 11.3 Å². The molecular formula is C18H17FS. The van der Waals surface area contributed by atoms with E-state index in [1.165, 1.54) is 22.5 Å². The van der Waals surface area contributed by atoms with Crippen LogP contribution in [0.3, 0.4) is 0 Å². The molecule has 1 heterocycles. The van der Waals surface area contributed by atoms with Gasteiger partial charge in [0.25, 0.3) is 0 Å². The van der Waals surface area contributed by atoms with Crippen LogP contribution in [0.4, 0.5) is 4.39 Å². The quantitative estimate of drug-likeness (QED) is 0.556. The van der Waals surface area contributed by atoms with Crippen molar-refractivity contribution in [3.8, 4) is 10.4 Å². The lowest BCUT2D eigenvalue weighted by Crippen LogP contribution is -1.81. The highest BCUT2D eigenvalue weighted by Crippen LogP contribution is 2.35. The highest BCUT2D eigenvalue weighted by Gasteiger charge is 2.09. The molecule has 0 aliphatic rings. The van der Waals surface area contributed by atoms with Gasteiger partial charge in [0.05, 0.1) is 4.70 Å². The van der Waals surface area contributed by atoms with Gasteiger partial charge < -0.3 is 0 Å². The summed E-state index contributed by atoms with van der Waals surface area (Å²) in [6.45, 7) is 4.00. The molecule has 102 valence electrons. The van der Waals surface area contributed by atoms with Crippen molar-refractivity contribution in [2.45, 2.75) is 26.7 Å². The number of fused-ring (bicyclic) bond motifs is 1. The lowest BCUT2D eigenvalue weighted by atomic mass is 10.1. The van der Waals surface area contributed by atoms with Crippen molar-refractivity contribution in [3.05, 3.63) is 59.4 Å². The second-order valence-electron chi connectivity index (χ2n) is 5.17. The van der Waals surface area contributed by atoms with Gasteiger partial charge in [0, 0.05) is 4.88 Å². The van der Waals surface area contributed by atoms with E-state index in [-0.39, 0.29) is 5.82 Å². The summed E-state index contributed by atoms with van der Waals surface area (Å²) in [5.74, 6) is -0.0821. The van der Waals surface area contributed by atoms with Crippen LogP contribution in [0.15, 0.2) is 42.5 Å². The molecule has 20 heavy (non-hydrogen) atoms. The first-order valence-electron chi connectivity index (χ1n) is 6.97. The van der Waals surface area contributed by atoms with Crippen LogP contribution in [0.1, 0.15) is 24.5 Å². The predicted molar refractivity (Wildman–Crippen MR) is 86.0 cm³/mol. The second kappa shape index (κ2) is 5.37. The Hall–Kier alpha value is -1.67. The number of aryl methyl sites for hydroxylation is 2. The lowest BCUT2D eigenvalue weighted by molar-refractivity contribution is 0.632. The normalized spacial score (nSPS) is 11.2. The Morgan fingerprint density at radius 2 is 1.80 bits per heavy atom. The van der Waals surface area contributed by atoms with Crippen LogP contribution in [0.25, 0.3) is 20.5 Å². The third-order valence-corrected chi connectivity index (χ3v) is 4.79. The van der Waals surface area contributed by atoms with Gasteiger partial charge in [0.1, 0.15) is 5.82 Å². The van der Waals surface area contributed by atoms with E-state index in [4.69, 9.17) is 0 Å². The van der Waals surface area contributed by atoms with Crippen LogP contribution in [-0.4, -0.2) is 0 Å². The van der Waals surface area contributed by atoms with Crippen molar-refractivity contribution < 1.29 is 4.39 Å². The predicted octanol–water partition coefficient (Wildman–Crippen LogP) is 5.97. The van der Waals surface area contributed by atoms with Crippen LogP contribution < -0.4 is 0 Å². The number of benzene rings is 2. The van der Waals surface area contributed by atoms with Gasteiger partial charge in [-0.05, 0) is 41.5 Å². The molecule has 2 heteroatoms. The van der Waals surface area contributed by atoms with Crippen LogP contribution in [0.5, 0.6) is 0 Å². The van der Waals surface area contributed by atoms with Crippen LogP contribution >= 0.6 is 11.3 Å². The average Bonchev–Trinajstić information content (AvgIpc) is 2.89. The van der Waals surface area contributed by atoms with E-state index in [1.807, 2.05) is 19.1 Å². The Morgan fingerprint density at radius 1 is 1.05 bits per heavy atom. The summed E-state index contributed by atoms with van der Waals surface area (Å²) in [6, 6.07) is 14.5. The number of hydrogen-bond acceptors (Lipinski definition) is 1. The molecule has 0 bridgehead atoms. The third kappa shape index (κ3) is 2.36. The largest absolute Gasteiger partial charge is 0.205 e. The number of thiophene rings is 1. The third-order valence-electron chi connectivity index (χ3n) is 3.60. The topological polar surface area (TPSA) is 0 Å². The van der Waals surface area contributed by atoms with Crippen molar-refractivity contribution in [2.24, 2.45) is 0 Å². The Balaban J connectivity index is 2.03. The Labute approximate surface area is 122 Å². The standard InChI is InChI=1S/C18H17FS/c1-3-4-13-6-9-14(10-7-13)16-11-15-8-5-12(2)17(19)18(15)20-16/h5-11H,3-4H2,1-2H3. The van der Waals surface area contributed by atoms with Gasteiger partial charge >= 0.3 is 0 Å². The van der Waals surface area contributed by atoms with E-state index >= 15 is 0 Å². The van der Waals surface area contributed by atoms with Gasteiger partial charge in [-0.2, -0.15) is 0 Å². The highest BCUT2D eigenvalue weighted by molar-refractivity contribution is 7.22. The summed E-state index contributed by atoms with van der Waals surface area (Å²) < 4.78 is 14.9. The molecule has 0 spiro atoms. The monoisotopic (exact) mass is 284 g/mol. The molecule has 0 aliphatic carbocycles. The van der Waals surface area contributed by atoms with E-state index < -0.39 is 0 Å². The molecule has 2 aromatic carbocycles. The van der Waals surface area contributed by atoms with Crippen LogP contribution in [0, 0.1) is 12.7 Å². The summed E-state index contributed by atoms with van der Waals surface area (Å²) in [5, 5.41) is 0.991. The molecule has 3 aromatic rings. The summed E-state index contributed by atoms with van der Waals surface area (Å²) in [6.07, 6.45) is 2.27. The first kappa shape index (κ1) is 13.3. The Kier molecular flexibility index (Phi) is 3.58. The Morgan fingerprint density at radius 3 is 2.50 bits per heavy atom. The van der Waals surface area contributed by atoms with Crippen molar-refractivity contribution in [3.63, 3.8) is 0 Å². The maximum absolute atomic E-state index is 14.1. The molecule has 0 aliphatic heterocycles. The summed E-state index contributed by atoms with van der Waals surface area (Å²) >= 11 is 1.54. The fraction of sp³-hybridized carbons (Fsp3) is 0.222. The average molecular weight is 284 g/mol. The van der Waals surface area contributed by atoms with Gasteiger partial charge in [-0.1, -0.05) is 49.7 Å². The molecule has 0 radical (unpaired) electrons. The smallest absolute Gasteiger partial charge is 0.143 e. The molecule has 0 fully saturated rings. The zero-order valence-corrected chi connectivity index (χ0v) is 12.6. The number of halogens is 1. The fourth-order valence-corrected chi connectivity index (χ4v) is 3.59. The zero-order chi connectivity index (χ0) is 14.1. The molecule has 0 nitrogen and oxygen atoms in total. The SMILES string of the molecule is CCCc1ccc(-c2cc3ccc(C)c(F)c3s2)cc1. The minimum absolute atomic E-state index is 0.0821. The number of rotatable bonds is 3. The minimum Gasteiger partial charge on any atom is -0.205 e. The molecule has 0 saturated carbocycles. The molecule has 0 unspecified atom stereocenters. The van der Waals surface area contributed by atoms with Gasteiger partial charge in [0.15, 0.2) is 0 Å². The van der Waals surface area contributed by atoms with Crippen molar-refractivity contribution in [1.82, 2.24) is 0 Å². The lowest BCUT2D eigenvalue weighted by Gasteiger charge is -2.00. The molecule has 0 N–H and O–H groups in total. The van der Waals surface area contributed by atoms with Gasteiger partial charge in [-0.25, -0.2) is 4.39 Å². The van der Waals surface area contributed by atoms with E-state index in [0.29, 0.717) is 5.56 Å². The first-order valence-corrected chi connectivity index (χ1v) is 7.78. The number of hydrogen-bond donors (Lipinski definition) is 0. The molecular weight excluding hydrogens is 267 g/mol. The van der Waals surface area contributed by atoms with E-state index in [2.05, 4.69) is 37.3 Å². The van der Waals surface area contributed by atoms with E-state index in [0.717, 1.165) is 27.8 Å². The Bertz CT molecular complexity index is 738. The highest BCUT2D eigenvalue weighted by atomic mass is 32.1. The van der Waals surface area contributed by atoms with Gasteiger partial charge in [0.2, 0.25) is 0 Å². The van der Waals surface area contributed by atoms with Crippen LogP contribution in [0.2, 0.25) is 0 Å². The summed E-state index contributed by atoms with van der Waals surface area (Å²) in [5.41, 5.74) is 3.24. The van der Waals surface area contributed by atoms with Crippen LogP contribution in [-0.2, 0) is 6.42 Å². The van der Waals surface area contributed by atoms with E-state index in [1.54, 1.807) is 0 Å². The summed E-state index contributed by atoms with van der Waals surface area (Å²) in [4.78, 5) is 1.13. The molecule has 0 saturated heterocycles. The fourth-order valence-electron chi connectivity index (χ4n) is 2.43. The zero-order valence-electron chi connectivity index (χ0n) is 11.7. The second-order valence-corrected chi connectivity index (χ2v) is 6.22. The van der Waals surface area contributed by atoms with Crippen molar-refractivity contribution in [1.29, 1.82) is 0 Å². The molecule has 0 amide bonds. The van der Waals surface area contributed by atoms with Gasteiger partial charge in [-0.3, -0.25) is 0 Å². The summed E-state index contributed by atoms with van der Waals surface area (Å²) in [7, 11) is 0. The maximum atomic E-state index is 14.1. The minimum atomic E-state index is -0.0821. The molecule has 0 atom stereocenters. The van der Waals surface area contributed by atoms with Crippen molar-refractivity contribution in [2.75, 3.05) is 0 Å². The van der Waals surface area contributed by atoms with E-state index in [9.17, 15) is 4.39 Å². The maximum Gasteiger partial charge on any atom is 0.143 e.